The quantitative estimate of drug-likeness (QED) is 0.642. The maximum atomic E-state index is 12.3. The van der Waals surface area contributed by atoms with Crippen LogP contribution < -0.4 is 5.73 Å². The Kier molecular flexibility index (Phi) is 4.33. The fraction of sp³-hybridized carbons (Fsp3) is 0.250. The summed E-state index contributed by atoms with van der Waals surface area (Å²) in [4.78, 5) is -0.0729. The van der Waals surface area contributed by atoms with Gasteiger partial charge in [-0.15, -0.1) is 6.42 Å². The van der Waals surface area contributed by atoms with E-state index in [1.807, 2.05) is 6.07 Å². The molecule has 0 saturated heterocycles. The van der Waals surface area contributed by atoms with Crippen molar-refractivity contribution in [2.24, 2.45) is 0 Å². The van der Waals surface area contributed by atoms with Gasteiger partial charge in [0, 0.05) is 12.2 Å². The summed E-state index contributed by atoms with van der Waals surface area (Å²) in [7, 11) is -3.76. The van der Waals surface area contributed by atoms with Crippen molar-refractivity contribution in [3.05, 3.63) is 23.8 Å². The number of hydrogen-bond acceptors (Lipinski definition) is 4. The van der Waals surface area contributed by atoms with E-state index in [1.165, 1.54) is 18.2 Å². The number of benzene rings is 1. The van der Waals surface area contributed by atoms with Crippen LogP contribution in [0.15, 0.2) is 23.1 Å². The van der Waals surface area contributed by atoms with Gasteiger partial charge in [-0.05, 0) is 18.2 Å². The largest absolute Gasteiger partial charge is 0.399 e. The summed E-state index contributed by atoms with van der Waals surface area (Å²) in [6.45, 7) is 1.88. The number of hydrogen-bond donors (Lipinski definition) is 1. The predicted octanol–water partition coefficient (Wildman–Crippen LogP) is 0.784. The number of nitriles is 1. The second-order valence-electron chi connectivity index (χ2n) is 3.50. The molecule has 0 atom stereocenters. The molecule has 0 amide bonds. The van der Waals surface area contributed by atoms with Gasteiger partial charge in [-0.25, -0.2) is 8.42 Å². The molecule has 5 nitrogen and oxygen atoms in total. The fourth-order valence-corrected chi connectivity index (χ4v) is 2.95. The van der Waals surface area contributed by atoms with Crippen LogP contribution in [0.3, 0.4) is 0 Å². The Balaban J connectivity index is 3.38. The molecule has 0 radical (unpaired) electrons. The second kappa shape index (κ2) is 5.54. The van der Waals surface area contributed by atoms with Crippen molar-refractivity contribution in [2.75, 3.05) is 18.8 Å². The van der Waals surface area contributed by atoms with Crippen LogP contribution >= 0.6 is 0 Å². The lowest BCUT2D eigenvalue weighted by Crippen LogP contribution is -2.31. The first kappa shape index (κ1) is 14.0. The van der Waals surface area contributed by atoms with Crippen LogP contribution in [0.5, 0.6) is 0 Å². The topological polar surface area (TPSA) is 87.2 Å². The molecule has 0 aliphatic heterocycles. The van der Waals surface area contributed by atoms with Crippen molar-refractivity contribution in [2.45, 2.75) is 11.8 Å². The summed E-state index contributed by atoms with van der Waals surface area (Å²) < 4.78 is 25.7. The molecule has 0 aromatic heterocycles. The number of terminal acetylenes is 1. The maximum Gasteiger partial charge on any atom is 0.245 e. The second-order valence-corrected chi connectivity index (χ2v) is 5.41. The van der Waals surface area contributed by atoms with Gasteiger partial charge in [0.05, 0.1) is 12.1 Å². The molecule has 0 aliphatic carbocycles. The summed E-state index contributed by atoms with van der Waals surface area (Å²) in [5.74, 6) is 2.28. The lowest BCUT2D eigenvalue weighted by atomic mass is 10.2. The highest BCUT2D eigenvalue weighted by molar-refractivity contribution is 7.89. The van der Waals surface area contributed by atoms with Gasteiger partial charge in [0.1, 0.15) is 11.0 Å². The maximum absolute atomic E-state index is 12.3. The summed E-state index contributed by atoms with van der Waals surface area (Å²) in [5.41, 5.74) is 5.88. The smallest absolute Gasteiger partial charge is 0.245 e. The Labute approximate surface area is 107 Å². The normalized spacial score (nSPS) is 10.9. The molecule has 0 saturated carbocycles. The molecular formula is C12H13N3O2S. The first-order valence-corrected chi connectivity index (χ1v) is 6.64. The highest BCUT2D eigenvalue weighted by Crippen LogP contribution is 2.21. The highest BCUT2D eigenvalue weighted by atomic mass is 32.2. The van der Waals surface area contributed by atoms with E-state index in [-0.39, 0.29) is 23.5 Å². The number of anilines is 1. The Hall–Kier alpha value is -2.02. The van der Waals surface area contributed by atoms with Crippen molar-refractivity contribution in [1.29, 1.82) is 5.26 Å². The van der Waals surface area contributed by atoms with E-state index >= 15 is 0 Å². The molecule has 0 bridgehead atoms. The minimum absolute atomic E-state index is 0.0190. The van der Waals surface area contributed by atoms with Crippen LogP contribution in [0.1, 0.15) is 12.5 Å². The van der Waals surface area contributed by atoms with Crippen LogP contribution in [-0.2, 0) is 10.0 Å². The molecule has 2 N–H and O–H groups in total. The summed E-state index contributed by atoms with van der Waals surface area (Å²) in [6.07, 6.45) is 5.13. The summed E-state index contributed by atoms with van der Waals surface area (Å²) >= 11 is 0. The Bertz CT molecular complexity index is 624. The lowest BCUT2D eigenvalue weighted by Gasteiger charge is -2.18. The van der Waals surface area contributed by atoms with E-state index in [0.717, 1.165) is 4.31 Å². The number of nitrogen functional groups attached to an aromatic ring is 1. The van der Waals surface area contributed by atoms with Crippen LogP contribution in [0.4, 0.5) is 5.69 Å². The summed E-state index contributed by atoms with van der Waals surface area (Å²) in [6, 6.07) is 5.92. The lowest BCUT2D eigenvalue weighted by molar-refractivity contribution is 0.464. The molecule has 94 valence electrons. The third kappa shape index (κ3) is 2.62. The number of sulfonamides is 1. The first-order chi connectivity index (χ1) is 8.47. The predicted molar refractivity (Wildman–Crippen MR) is 68.8 cm³/mol. The van der Waals surface area contributed by atoms with E-state index in [1.54, 1.807) is 6.92 Å². The Morgan fingerprint density at radius 1 is 1.50 bits per heavy atom. The minimum atomic E-state index is -3.76. The third-order valence-corrected chi connectivity index (χ3v) is 4.34. The molecule has 1 rings (SSSR count). The number of rotatable bonds is 4. The molecule has 1 aromatic rings. The standard InChI is InChI=1S/C12H13N3O2S/c1-3-7-15(4-2)18(16,17)12-6-5-11(14)8-10(12)9-13/h1,5-6,8H,4,7,14H2,2H3. The third-order valence-electron chi connectivity index (χ3n) is 2.36. The minimum Gasteiger partial charge on any atom is -0.399 e. The van der Waals surface area contributed by atoms with Crippen LogP contribution in [-0.4, -0.2) is 25.8 Å². The average molecular weight is 263 g/mol. The van der Waals surface area contributed by atoms with Crippen molar-refractivity contribution >= 4 is 15.7 Å². The van der Waals surface area contributed by atoms with Crippen LogP contribution in [0, 0.1) is 23.7 Å². The molecule has 0 spiro atoms. The summed E-state index contributed by atoms with van der Waals surface area (Å²) in [5, 5.41) is 8.96. The van der Waals surface area contributed by atoms with E-state index < -0.39 is 10.0 Å². The monoisotopic (exact) mass is 263 g/mol. The molecule has 18 heavy (non-hydrogen) atoms. The van der Waals surface area contributed by atoms with E-state index in [4.69, 9.17) is 17.4 Å². The van der Waals surface area contributed by atoms with Gasteiger partial charge in [0.15, 0.2) is 0 Å². The van der Waals surface area contributed by atoms with E-state index in [9.17, 15) is 8.42 Å². The van der Waals surface area contributed by atoms with Crippen LogP contribution in [0.25, 0.3) is 0 Å². The Morgan fingerprint density at radius 2 is 2.17 bits per heavy atom. The molecule has 0 unspecified atom stereocenters. The van der Waals surface area contributed by atoms with Gasteiger partial charge in [0.2, 0.25) is 10.0 Å². The van der Waals surface area contributed by atoms with Crippen molar-refractivity contribution in [3.8, 4) is 18.4 Å². The zero-order valence-electron chi connectivity index (χ0n) is 9.92. The average Bonchev–Trinajstić information content (AvgIpc) is 2.35. The van der Waals surface area contributed by atoms with Gasteiger partial charge < -0.3 is 5.73 Å². The Morgan fingerprint density at radius 3 is 2.67 bits per heavy atom. The van der Waals surface area contributed by atoms with Gasteiger partial charge >= 0.3 is 0 Å². The zero-order chi connectivity index (χ0) is 13.8. The molecule has 0 heterocycles. The van der Waals surface area contributed by atoms with Crippen molar-refractivity contribution < 1.29 is 8.42 Å². The molecule has 0 fully saturated rings. The number of nitrogens with two attached hydrogens (primary N) is 1. The SMILES string of the molecule is C#CCN(CC)S(=O)(=O)c1ccc(N)cc1C#N. The van der Waals surface area contributed by atoms with E-state index in [0.29, 0.717) is 5.69 Å². The molecule has 6 heteroatoms. The molecule has 1 aromatic carbocycles. The number of nitrogens with zero attached hydrogens (tertiary/aromatic N) is 2. The van der Waals surface area contributed by atoms with Gasteiger partial charge in [0.25, 0.3) is 0 Å². The van der Waals surface area contributed by atoms with Gasteiger partial charge in [-0.3, -0.25) is 0 Å². The van der Waals surface area contributed by atoms with Crippen molar-refractivity contribution in [3.63, 3.8) is 0 Å². The highest BCUT2D eigenvalue weighted by Gasteiger charge is 2.25. The first-order valence-electron chi connectivity index (χ1n) is 5.20. The molecular weight excluding hydrogens is 250 g/mol. The van der Waals surface area contributed by atoms with Crippen LogP contribution in [0.2, 0.25) is 0 Å². The van der Waals surface area contributed by atoms with Crippen molar-refractivity contribution in [1.82, 2.24) is 4.31 Å². The van der Waals surface area contributed by atoms with Gasteiger partial charge in [-0.1, -0.05) is 12.8 Å². The van der Waals surface area contributed by atoms with E-state index in [2.05, 4.69) is 5.92 Å². The molecule has 0 aliphatic rings. The van der Waals surface area contributed by atoms with Gasteiger partial charge in [-0.2, -0.15) is 9.57 Å². The zero-order valence-corrected chi connectivity index (χ0v) is 10.7. The fourth-order valence-electron chi connectivity index (χ4n) is 1.47.